The van der Waals surface area contributed by atoms with Crippen molar-refractivity contribution in [2.45, 2.75) is 13.3 Å². The number of imidazole rings is 1. The van der Waals surface area contributed by atoms with Crippen molar-refractivity contribution < 1.29 is 15.0 Å². The van der Waals surface area contributed by atoms with Gasteiger partial charge in [0.2, 0.25) is 0 Å². The molecule has 1 aromatic heterocycles. The van der Waals surface area contributed by atoms with Crippen LogP contribution in [0, 0.1) is 0 Å². The number of carboxylic acids is 1. The van der Waals surface area contributed by atoms with Gasteiger partial charge in [-0.3, -0.25) is 0 Å². The van der Waals surface area contributed by atoms with Crippen LogP contribution in [0.1, 0.15) is 22.8 Å². The van der Waals surface area contributed by atoms with E-state index >= 15 is 0 Å². The molecule has 1 heterocycles. The Morgan fingerprint density at radius 3 is 2.52 bits per heavy atom. The number of aromatic nitrogens is 2. The molecular weight excluding hydrogens is 388 g/mol. The van der Waals surface area contributed by atoms with Gasteiger partial charge in [0, 0.05) is 5.56 Å². The van der Waals surface area contributed by atoms with Crippen LogP contribution in [-0.2, 0) is 6.42 Å². The number of nitrogens with zero attached hydrogens (tertiary/aromatic N) is 1. The van der Waals surface area contributed by atoms with Gasteiger partial charge in [0.25, 0.3) is 0 Å². The minimum atomic E-state index is -1.08. The van der Waals surface area contributed by atoms with Gasteiger partial charge in [-0.1, -0.05) is 55.5 Å². The van der Waals surface area contributed by atoms with Crippen molar-refractivity contribution in [1.82, 2.24) is 9.97 Å². The van der Waals surface area contributed by atoms with E-state index in [2.05, 4.69) is 42.2 Å². The Morgan fingerprint density at radius 1 is 0.968 bits per heavy atom. The molecule has 5 rings (SSSR count). The SMILES string of the molecule is CCc1ccc(-c2ccccc2)cc1-c1nc2c(ccc3cc(C(=O)O)cc(O)c32)[nH]1. The number of aromatic hydroxyl groups is 1. The summed E-state index contributed by atoms with van der Waals surface area (Å²) in [6, 6.07) is 23.1. The molecule has 0 unspecified atom stereocenters. The van der Waals surface area contributed by atoms with Crippen LogP contribution in [0.25, 0.3) is 44.3 Å². The van der Waals surface area contributed by atoms with E-state index in [9.17, 15) is 15.0 Å². The van der Waals surface area contributed by atoms with Gasteiger partial charge in [0.1, 0.15) is 17.1 Å². The number of carbonyl (C=O) groups is 1. The highest BCUT2D eigenvalue weighted by Crippen LogP contribution is 2.35. The van der Waals surface area contributed by atoms with Gasteiger partial charge >= 0.3 is 5.97 Å². The van der Waals surface area contributed by atoms with E-state index in [4.69, 9.17) is 4.98 Å². The predicted octanol–water partition coefficient (Wildman–Crippen LogP) is 6.02. The second-order valence-electron chi connectivity index (χ2n) is 7.54. The van der Waals surface area contributed by atoms with Gasteiger partial charge in [0.05, 0.1) is 16.5 Å². The number of aromatic amines is 1. The van der Waals surface area contributed by atoms with Gasteiger partial charge in [-0.15, -0.1) is 0 Å². The number of phenols is 1. The van der Waals surface area contributed by atoms with Crippen LogP contribution in [0.3, 0.4) is 0 Å². The molecule has 0 aliphatic rings. The minimum Gasteiger partial charge on any atom is -0.507 e. The monoisotopic (exact) mass is 408 g/mol. The van der Waals surface area contributed by atoms with Crippen LogP contribution < -0.4 is 0 Å². The first-order chi connectivity index (χ1) is 15.0. The molecule has 5 nitrogen and oxygen atoms in total. The maximum absolute atomic E-state index is 11.3. The van der Waals surface area contributed by atoms with Crippen LogP contribution in [0.15, 0.2) is 72.8 Å². The molecule has 0 bridgehead atoms. The number of phenolic OH excluding ortho intramolecular Hbond substituents is 1. The number of rotatable bonds is 4. The Labute approximate surface area is 178 Å². The van der Waals surface area contributed by atoms with Crippen LogP contribution in [0.2, 0.25) is 0 Å². The highest BCUT2D eigenvalue weighted by molar-refractivity contribution is 6.10. The fourth-order valence-corrected chi connectivity index (χ4v) is 4.08. The Morgan fingerprint density at radius 2 is 1.77 bits per heavy atom. The molecule has 152 valence electrons. The van der Waals surface area contributed by atoms with Crippen LogP contribution >= 0.6 is 0 Å². The topological polar surface area (TPSA) is 86.2 Å². The number of aromatic carboxylic acids is 1. The Hall–Kier alpha value is -4.12. The number of fused-ring (bicyclic) bond motifs is 3. The molecule has 0 radical (unpaired) electrons. The molecule has 0 atom stereocenters. The maximum Gasteiger partial charge on any atom is 0.335 e. The lowest BCUT2D eigenvalue weighted by Crippen LogP contribution is -1.95. The Bertz CT molecular complexity index is 1450. The molecule has 0 aliphatic heterocycles. The van der Waals surface area contributed by atoms with Crippen LogP contribution in [0.5, 0.6) is 5.75 Å². The zero-order valence-electron chi connectivity index (χ0n) is 16.9. The average molecular weight is 408 g/mol. The summed E-state index contributed by atoms with van der Waals surface area (Å²) in [5.74, 6) is -0.448. The molecule has 0 aliphatic carbocycles. The largest absolute Gasteiger partial charge is 0.507 e. The average Bonchev–Trinajstić information content (AvgIpc) is 3.23. The van der Waals surface area contributed by atoms with Crippen molar-refractivity contribution in [3.05, 3.63) is 83.9 Å². The van der Waals surface area contributed by atoms with Crippen molar-refractivity contribution in [2.24, 2.45) is 0 Å². The molecule has 5 heteroatoms. The highest BCUT2D eigenvalue weighted by atomic mass is 16.4. The summed E-state index contributed by atoms with van der Waals surface area (Å²) in [5, 5.41) is 21.0. The Balaban J connectivity index is 1.72. The summed E-state index contributed by atoms with van der Waals surface area (Å²) >= 11 is 0. The normalized spacial score (nSPS) is 11.3. The number of aryl methyl sites for hydroxylation is 1. The predicted molar refractivity (Wildman–Crippen MR) is 122 cm³/mol. The molecule has 0 saturated carbocycles. The zero-order valence-corrected chi connectivity index (χ0v) is 16.9. The fourth-order valence-electron chi connectivity index (χ4n) is 4.08. The first-order valence-corrected chi connectivity index (χ1v) is 10.1. The summed E-state index contributed by atoms with van der Waals surface area (Å²) in [4.78, 5) is 19.5. The van der Waals surface area contributed by atoms with Crippen LogP contribution in [0.4, 0.5) is 0 Å². The van der Waals surface area contributed by atoms with E-state index in [-0.39, 0.29) is 11.3 Å². The summed E-state index contributed by atoms with van der Waals surface area (Å²) < 4.78 is 0. The number of hydrogen-bond acceptors (Lipinski definition) is 3. The van der Waals surface area contributed by atoms with Crippen molar-refractivity contribution in [2.75, 3.05) is 0 Å². The van der Waals surface area contributed by atoms with Gasteiger partial charge in [-0.05, 0) is 52.8 Å². The van der Waals surface area contributed by atoms with E-state index in [0.29, 0.717) is 16.3 Å². The molecule has 0 amide bonds. The minimum absolute atomic E-state index is 0.0453. The molecular formula is C26H20N2O3. The quantitative estimate of drug-likeness (QED) is 0.340. The molecule has 0 saturated heterocycles. The Kier molecular flexibility index (Phi) is 4.44. The van der Waals surface area contributed by atoms with Gasteiger partial charge in [0.15, 0.2) is 0 Å². The molecule has 31 heavy (non-hydrogen) atoms. The third-order valence-electron chi connectivity index (χ3n) is 5.65. The maximum atomic E-state index is 11.3. The number of H-pyrrole nitrogens is 1. The first kappa shape index (κ1) is 18.9. The van der Waals surface area contributed by atoms with Gasteiger partial charge in [-0.25, -0.2) is 9.78 Å². The third-order valence-corrected chi connectivity index (χ3v) is 5.65. The summed E-state index contributed by atoms with van der Waals surface area (Å²) in [5.41, 5.74) is 5.86. The van der Waals surface area contributed by atoms with E-state index in [1.54, 1.807) is 12.1 Å². The first-order valence-electron chi connectivity index (χ1n) is 10.1. The summed E-state index contributed by atoms with van der Waals surface area (Å²) in [7, 11) is 0. The molecule has 3 N–H and O–H groups in total. The van der Waals surface area contributed by atoms with Crippen molar-refractivity contribution in [3.8, 4) is 28.3 Å². The van der Waals surface area contributed by atoms with E-state index < -0.39 is 5.97 Å². The molecule has 0 spiro atoms. The number of benzene rings is 4. The van der Waals surface area contributed by atoms with E-state index in [1.807, 2.05) is 24.3 Å². The lowest BCUT2D eigenvalue weighted by atomic mass is 9.97. The van der Waals surface area contributed by atoms with Crippen molar-refractivity contribution in [1.29, 1.82) is 0 Å². The van der Waals surface area contributed by atoms with E-state index in [0.717, 1.165) is 34.5 Å². The van der Waals surface area contributed by atoms with Gasteiger partial charge < -0.3 is 15.2 Å². The second-order valence-corrected chi connectivity index (χ2v) is 7.54. The summed E-state index contributed by atoms with van der Waals surface area (Å²) in [6.45, 7) is 2.11. The van der Waals surface area contributed by atoms with Crippen molar-refractivity contribution in [3.63, 3.8) is 0 Å². The lowest BCUT2D eigenvalue weighted by Gasteiger charge is -2.09. The zero-order chi connectivity index (χ0) is 21.5. The van der Waals surface area contributed by atoms with E-state index in [1.165, 1.54) is 11.6 Å². The van der Waals surface area contributed by atoms with Gasteiger partial charge in [-0.2, -0.15) is 0 Å². The smallest absolute Gasteiger partial charge is 0.335 e. The molecule has 4 aromatic carbocycles. The summed E-state index contributed by atoms with van der Waals surface area (Å²) in [6.07, 6.45) is 0.857. The third kappa shape index (κ3) is 3.20. The number of carboxylic acid groups (broad SMARTS) is 1. The lowest BCUT2D eigenvalue weighted by molar-refractivity contribution is 0.0696. The number of hydrogen-bond donors (Lipinski definition) is 3. The molecule has 0 fully saturated rings. The van der Waals surface area contributed by atoms with Crippen LogP contribution in [-0.4, -0.2) is 26.2 Å². The molecule has 5 aromatic rings. The standard InChI is InChI=1S/C26H20N2O3/c1-2-15-8-9-17(16-6-4-3-5-7-16)13-20(15)25-27-21-11-10-18-12-19(26(30)31)14-22(29)23(18)24(21)28-25/h3-14,29H,2H2,1H3,(H,27,28)(H,30,31). The fraction of sp³-hybridized carbons (Fsp3) is 0.0769. The van der Waals surface area contributed by atoms with Crippen molar-refractivity contribution >= 4 is 27.8 Å². The highest BCUT2D eigenvalue weighted by Gasteiger charge is 2.16. The number of nitrogens with one attached hydrogen (secondary N) is 1. The second kappa shape index (κ2) is 7.29.